The lowest BCUT2D eigenvalue weighted by molar-refractivity contribution is 0.0943. The summed E-state index contributed by atoms with van der Waals surface area (Å²) in [5.74, 6) is -0.105. The summed E-state index contributed by atoms with van der Waals surface area (Å²) in [6, 6.07) is 15.5. The predicted octanol–water partition coefficient (Wildman–Crippen LogP) is 3.02. The van der Waals surface area contributed by atoms with Gasteiger partial charge in [-0.3, -0.25) is 4.79 Å². The second-order valence-corrected chi connectivity index (χ2v) is 5.27. The minimum absolute atomic E-state index is 0.105. The van der Waals surface area contributed by atoms with Gasteiger partial charge in [0.15, 0.2) is 0 Å². The van der Waals surface area contributed by atoms with Gasteiger partial charge in [-0.05, 0) is 37.6 Å². The van der Waals surface area contributed by atoms with Gasteiger partial charge in [-0.2, -0.15) is 0 Å². The van der Waals surface area contributed by atoms with E-state index in [0.717, 1.165) is 5.69 Å². The largest absolute Gasteiger partial charge is 0.397 e. The molecule has 0 bridgehead atoms. The Kier molecular flexibility index (Phi) is 4.82. The fraction of sp³-hybridized carbons (Fsp3) is 0.235. The quantitative estimate of drug-likeness (QED) is 0.739. The van der Waals surface area contributed by atoms with E-state index < -0.39 is 0 Å². The van der Waals surface area contributed by atoms with Crippen LogP contribution in [0.3, 0.4) is 0 Å². The van der Waals surface area contributed by atoms with Crippen LogP contribution in [-0.4, -0.2) is 11.9 Å². The standard InChI is InChI=1S/C17H21N3O/c1-12(2)20-17(21)14-8-9-16(15(18)10-14)19-11-13-6-4-3-5-7-13/h3-10,12,19H,11,18H2,1-2H3,(H,20,21). The first-order chi connectivity index (χ1) is 10.1. The zero-order valence-corrected chi connectivity index (χ0v) is 12.4. The molecule has 0 radical (unpaired) electrons. The van der Waals surface area contributed by atoms with Crippen molar-refractivity contribution in [3.05, 3.63) is 59.7 Å². The van der Waals surface area contributed by atoms with Gasteiger partial charge < -0.3 is 16.4 Å². The molecule has 110 valence electrons. The van der Waals surface area contributed by atoms with Gasteiger partial charge in [0.2, 0.25) is 0 Å². The summed E-state index contributed by atoms with van der Waals surface area (Å²) in [7, 11) is 0. The van der Waals surface area contributed by atoms with Crippen LogP contribution < -0.4 is 16.4 Å². The molecule has 2 rings (SSSR count). The second-order valence-electron chi connectivity index (χ2n) is 5.27. The molecule has 0 atom stereocenters. The number of hydrogen-bond donors (Lipinski definition) is 3. The summed E-state index contributed by atoms with van der Waals surface area (Å²) < 4.78 is 0. The fourth-order valence-electron chi connectivity index (χ4n) is 2.00. The number of amides is 1. The van der Waals surface area contributed by atoms with Gasteiger partial charge in [0, 0.05) is 18.2 Å². The van der Waals surface area contributed by atoms with Crippen molar-refractivity contribution in [2.24, 2.45) is 0 Å². The third-order valence-corrected chi connectivity index (χ3v) is 3.06. The Labute approximate surface area is 125 Å². The SMILES string of the molecule is CC(C)NC(=O)c1ccc(NCc2ccccc2)c(N)c1. The number of hydrogen-bond acceptors (Lipinski definition) is 3. The van der Waals surface area contributed by atoms with E-state index in [2.05, 4.69) is 10.6 Å². The molecule has 0 fully saturated rings. The number of carbonyl (C=O) groups excluding carboxylic acids is 1. The zero-order chi connectivity index (χ0) is 15.2. The Morgan fingerprint density at radius 1 is 1.14 bits per heavy atom. The van der Waals surface area contributed by atoms with E-state index in [9.17, 15) is 4.79 Å². The molecule has 0 saturated heterocycles. The smallest absolute Gasteiger partial charge is 0.251 e. The number of nitrogens with one attached hydrogen (secondary N) is 2. The van der Waals surface area contributed by atoms with Crippen molar-refractivity contribution in [2.75, 3.05) is 11.1 Å². The van der Waals surface area contributed by atoms with Gasteiger partial charge >= 0.3 is 0 Å². The average molecular weight is 283 g/mol. The van der Waals surface area contributed by atoms with Crippen LogP contribution in [0.1, 0.15) is 29.8 Å². The Hall–Kier alpha value is -2.49. The summed E-state index contributed by atoms with van der Waals surface area (Å²) in [4.78, 5) is 11.9. The van der Waals surface area contributed by atoms with E-state index in [0.29, 0.717) is 17.8 Å². The van der Waals surface area contributed by atoms with E-state index in [-0.39, 0.29) is 11.9 Å². The second kappa shape index (κ2) is 6.79. The van der Waals surface area contributed by atoms with Crippen molar-refractivity contribution in [2.45, 2.75) is 26.4 Å². The minimum Gasteiger partial charge on any atom is -0.397 e. The molecule has 2 aromatic rings. The third kappa shape index (κ3) is 4.24. The number of carbonyl (C=O) groups is 1. The van der Waals surface area contributed by atoms with Crippen LogP contribution in [0, 0.1) is 0 Å². The van der Waals surface area contributed by atoms with Crippen LogP contribution in [0.25, 0.3) is 0 Å². The molecule has 2 aromatic carbocycles. The molecule has 0 saturated carbocycles. The number of rotatable bonds is 5. The van der Waals surface area contributed by atoms with E-state index in [1.807, 2.05) is 50.2 Å². The van der Waals surface area contributed by atoms with Gasteiger partial charge in [-0.25, -0.2) is 0 Å². The molecule has 0 spiro atoms. The Morgan fingerprint density at radius 3 is 2.48 bits per heavy atom. The van der Waals surface area contributed by atoms with Crippen LogP contribution in [0.4, 0.5) is 11.4 Å². The Balaban J connectivity index is 2.04. The van der Waals surface area contributed by atoms with Crippen molar-refractivity contribution < 1.29 is 4.79 Å². The van der Waals surface area contributed by atoms with E-state index in [1.165, 1.54) is 5.56 Å². The molecule has 0 aromatic heterocycles. The molecular formula is C17H21N3O. The third-order valence-electron chi connectivity index (χ3n) is 3.06. The summed E-state index contributed by atoms with van der Waals surface area (Å²) in [5, 5.41) is 6.13. The summed E-state index contributed by atoms with van der Waals surface area (Å²) in [6.45, 7) is 4.55. The highest BCUT2D eigenvalue weighted by molar-refractivity contribution is 5.96. The van der Waals surface area contributed by atoms with Gasteiger partial charge in [-0.1, -0.05) is 30.3 Å². The van der Waals surface area contributed by atoms with Gasteiger partial charge in [0.05, 0.1) is 11.4 Å². The maximum absolute atomic E-state index is 11.9. The first kappa shape index (κ1) is 14.9. The van der Waals surface area contributed by atoms with E-state index in [1.54, 1.807) is 12.1 Å². The van der Waals surface area contributed by atoms with Crippen molar-refractivity contribution >= 4 is 17.3 Å². The maximum atomic E-state index is 11.9. The highest BCUT2D eigenvalue weighted by Crippen LogP contribution is 2.20. The first-order valence-electron chi connectivity index (χ1n) is 7.04. The number of anilines is 2. The van der Waals surface area contributed by atoms with Gasteiger partial charge in [-0.15, -0.1) is 0 Å². The maximum Gasteiger partial charge on any atom is 0.251 e. The van der Waals surface area contributed by atoms with Crippen LogP contribution in [0.15, 0.2) is 48.5 Å². The molecular weight excluding hydrogens is 262 g/mol. The summed E-state index contributed by atoms with van der Waals surface area (Å²) >= 11 is 0. The number of benzene rings is 2. The molecule has 21 heavy (non-hydrogen) atoms. The number of nitrogens with two attached hydrogens (primary N) is 1. The number of nitrogen functional groups attached to an aromatic ring is 1. The molecule has 0 aliphatic carbocycles. The normalized spacial score (nSPS) is 10.4. The molecule has 0 aliphatic rings. The monoisotopic (exact) mass is 283 g/mol. The summed E-state index contributed by atoms with van der Waals surface area (Å²) in [6.07, 6.45) is 0. The van der Waals surface area contributed by atoms with Crippen molar-refractivity contribution in [1.82, 2.24) is 5.32 Å². The summed E-state index contributed by atoms with van der Waals surface area (Å²) in [5.41, 5.74) is 9.17. The Morgan fingerprint density at radius 2 is 1.86 bits per heavy atom. The van der Waals surface area contributed by atoms with E-state index in [4.69, 9.17) is 5.73 Å². The first-order valence-corrected chi connectivity index (χ1v) is 7.04. The van der Waals surface area contributed by atoms with Crippen LogP contribution in [0.5, 0.6) is 0 Å². The molecule has 0 aliphatic heterocycles. The highest BCUT2D eigenvalue weighted by Gasteiger charge is 2.09. The topological polar surface area (TPSA) is 67.2 Å². The lowest BCUT2D eigenvalue weighted by Crippen LogP contribution is -2.30. The molecule has 1 amide bonds. The van der Waals surface area contributed by atoms with E-state index >= 15 is 0 Å². The lowest BCUT2D eigenvalue weighted by Gasteiger charge is -2.12. The molecule has 0 heterocycles. The van der Waals surface area contributed by atoms with Crippen molar-refractivity contribution in [3.63, 3.8) is 0 Å². The van der Waals surface area contributed by atoms with Crippen molar-refractivity contribution in [1.29, 1.82) is 0 Å². The Bertz CT molecular complexity index is 609. The van der Waals surface area contributed by atoms with Crippen molar-refractivity contribution in [3.8, 4) is 0 Å². The molecule has 4 heteroatoms. The lowest BCUT2D eigenvalue weighted by atomic mass is 10.1. The van der Waals surface area contributed by atoms with Crippen LogP contribution in [-0.2, 0) is 6.54 Å². The van der Waals surface area contributed by atoms with Crippen LogP contribution >= 0.6 is 0 Å². The van der Waals surface area contributed by atoms with Crippen LogP contribution in [0.2, 0.25) is 0 Å². The molecule has 0 unspecified atom stereocenters. The fourth-order valence-corrected chi connectivity index (χ4v) is 2.00. The molecule has 4 N–H and O–H groups in total. The zero-order valence-electron chi connectivity index (χ0n) is 12.4. The molecule has 4 nitrogen and oxygen atoms in total. The minimum atomic E-state index is -0.105. The predicted molar refractivity (Wildman–Crippen MR) is 87.2 cm³/mol. The highest BCUT2D eigenvalue weighted by atomic mass is 16.1. The average Bonchev–Trinajstić information content (AvgIpc) is 2.46. The van der Waals surface area contributed by atoms with Gasteiger partial charge in [0.1, 0.15) is 0 Å². The van der Waals surface area contributed by atoms with Gasteiger partial charge in [0.25, 0.3) is 5.91 Å².